The molecule has 0 aromatic heterocycles. The van der Waals surface area contributed by atoms with Gasteiger partial charge in [-0.1, -0.05) is 193 Å². The molecule has 64 heavy (non-hydrogen) atoms. The third-order valence-corrected chi connectivity index (χ3v) is 9.90. The van der Waals surface area contributed by atoms with Crippen LogP contribution in [0.3, 0.4) is 0 Å². The number of carbonyl (C=O) groups excluding carboxylic acids is 3. The summed E-state index contributed by atoms with van der Waals surface area (Å²) in [6, 6.07) is 0. The molecule has 0 aliphatic rings. The zero-order chi connectivity index (χ0) is 46.5. The minimum absolute atomic E-state index is 0.0818. The summed E-state index contributed by atoms with van der Waals surface area (Å²) in [5.41, 5.74) is 0. The first-order valence-electron chi connectivity index (χ1n) is 25.2. The summed E-state index contributed by atoms with van der Waals surface area (Å²) >= 11 is 0. The maximum Gasteiger partial charge on any atom is 0.310 e. The summed E-state index contributed by atoms with van der Waals surface area (Å²) in [5, 5.41) is 0. The largest absolute Gasteiger partial charge is 0.462 e. The number of hydrogen-bond donors (Lipinski definition) is 0. The lowest BCUT2D eigenvalue weighted by Crippen LogP contribution is -2.30. The van der Waals surface area contributed by atoms with Gasteiger partial charge < -0.3 is 14.2 Å². The van der Waals surface area contributed by atoms with Crippen LogP contribution in [0.1, 0.15) is 194 Å². The Hall–Kier alpha value is -4.45. The molecular formula is C58H90O6. The lowest BCUT2D eigenvalue weighted by atomic mass is 10.1. The standard InChI is InChI=1S/C58H90O6/c1-4-7-10-13-16-19-22-25-27-28-29-30-32-33-36-39-42-45-48-51-57(60)63-54-55(53-62-56(59)50-47-44-41-38-35-24-21-18-15-12-9-6-3)64-58(61)52-49-46-43-40-37-34-31-26-23-20-17-14-11-8-5-2/h7-8,10-11,16-21,25-27,29-31,33,36-37,40,46,49,55H,4-6,9,12-15,22-24,28,32,34-35,38-39,41-45,47-48,50-54H2,1-3H3/b10-7-,11-8-,19-16-,20-17-,21-18-,27-25-,30-29-,31-26-,36-33-,40-37-,49-46-. The van der Waals surface area contributed by atoms with Crippen molar-refractivity contribution in [2.24, 2.45) is 0 Å². The highest BCUT2D eigenvalue weighted by Crippen LogP contribution is 2.11. The third-order valence-electron chi connectivity index (χ3n) is 9.90. The van der Waals surface area contributed by atoms with Crippen LogP contribution in [0, 0.1) is 0 Å². The van der Waals surface area contributed by atoms with Crippen LogP contribution in [-0.2, 0) is 28.6 Å². The van der Waals surface area contributed by atoms with E-state index in [1.165, 1.54) is 32.1 Å². The zero-order valence-electron chi connectivity index (χ0n) is 40.7. The van der Waals surface area contributed by atoms with E-state index in [0.29, 0.717) is 19.3 Å². The number of carbonyl (C=O) groups is 3. The van der Waals surface area contributed by atoms with Gasteiger partial charge in [0, 0.05) is 12.8 Å². The normalized spacial score (nSPS) is 13.2. The van der Waals surface area contributed by atoms with Crippen molar-refractivity contribution < 1.29 is 28.6 Å². The first-order valence-corrected chi connectivity index (χ1v) is 25.2. The molecule has 0 aromatic carbocycles. The smallest absolute Gasteiger partial charge is 0.310 e. The molecule has 1 unspecified atom stereocenters. The molecule has 6 heteroatoms. The van der Waals surface area contributed by atoms with Gasteiger partial charge in [-0.2, -0.15) is 0 Å². The fourth-order valence-corrected chi connectivity index (χ4v) is 6.18. The van der Waals surface area contributed by atoms with Crippen molar-refractivity contribution in [1.29, 1.82) is 0 Å². The van der Waals surface area contributed by atoms with Crippen LogP contribution in [0.2, 0.25) is 0 Å². The van der Waals surface area contributed by atoms with E-state index in [4.69, 9.17) is 14.2 Å². The van der Waals surface area contributed by atoms with Crippen LogP contribution in [0.25, 0.3) is 0 Å². The Morgan fingerprint density at radius 3 is 1.06 bits per heavy atom. The maximum absolute atomic E-state index is 12.7. The number of unbranched alkanes of at least 4 members (excludes halogenated alkanes) is 11. The third kappa shape index (κ3) is 48.6. The summed E-state index contributed by atoms with van der Waals surface area (Å²) in [6.45, 7) is 6.24. The van der Waals surface area contributed by atoms with Crippen molar-refractivity contribution in [2.45, 2.75) is 200 Å². The second-order valence-corrected chi connectivity index (χ2v) is 16.0. The van der Waals surface area contributed by atoms with E-state index in [0.717, 1.165) is 116 Å². The quantitative estimate of drug-likeness (QED) is 0.0263. The highest BCUT2D eigenvalue weighted by molar-refractivity contribution is 5.72. The van der Waals surface area contributed by atoms with Crippen molar-refractivity contribution in [2.75, 3.05) is 13.2 Å². The van der Waals surface area contributed by atoms with Gasteiger partial charge in [0.15, 0.2) is 6.10 Å². The van der Waals surface area contributed by atoms with E-state index in [2.05, 4.69) is 142 Å². The highest BCUT2D eigenvalue weighted by Gasteiger charge is 2.19. The van der Waals surface area contributed by atoms with E-state index in [1.54, 1.807) is 6.08 Å². The van der Waals surface area contributed by atoms with Gasteiger partial charge in [0.1, 0.15) is 13.2 Å². The molecular weight excluding hydrogens is 793 g/mol. The van der Waals surface area contributed by atoms with Crippen LogP contribution in [0.4, 0.5) is 0 Å². The molecule has 0 aliphatic heterocycles. The van der Waals surface area contributed by atoms with Gasteiger partial charge in [-0.15, -0.1) is 0 Å². The molecule has 0 aromatic rings. The number of ether oxygens (including phenoxy) is 3. The summed E-state index contributed by atoms with van der Waals surface area (Å²) in [6.07, 6.45) is 71.7. The van der Waals surface area contributed by atoms with Crippen molar-refractivity contribution in [3.8, 4) is 0 Å². The fraction of sp³-hybridized carbons (Fsp3) is 0.569. The molecule has 0 saturated heterocycles. The molecule has 0 fully saturated rings. The minimum atomic E-state index is -0.853. The Morgan fingerprint density at radius 2 is 0.656 bits per heavy atom. The molecule has 358 valence electrons. The molecule has 0 rings (SSSR count). The van der Waals surface area contributed by atoms with Crippen LogP contribution in [0.15, 0.2) is 134 Å². The van der Waals surface area contributed by atoms with Crippen LogP contribution < -0.4 is 0 Å². The summed E-state index contributed by atoms with van der Waals surface area (Å²) in [5.74, 6) is -1.12. The fourth-order valence-electron chi connectivity index (χ4n) is 6.18. The molecule has 0 bridgehead atoms. The molecule has 0 saturated carbocycles. The van der Waals surface area contributed by atoms with E-state index in [1.807, 2.05) is 6.08 Å². The van der Waals surface area contributed by atoms with Gasteiger partial charge in [-0.25, -0.2) is 0 Å². The number of rotatable bonds is 43. The SMILES string of the molecule is CC/C=C\C/C=C\C/C=C\C/C=C\C/C=C\CCCCCC(=O)OCC(COC(=O)CCCCCCC/C=C\CCCCC)OC(=O)C/C=C\C/C=C\C/C=C\C/C=C\C/C=C\CC. The Labute approximate surface area is 392 Å². The summed E-state index contributed by atoms with van der Waals surface area (Å²) in [7, 11) is 0. The molecule has 0 radical (unpaired) electrons. The Morgan fingerprint density at radius 1 is 0.344 bits per heavy atom. The first-order chi connectivity index (χ1) is 31.5. The van der Waals surface area contributed by atoms with Gasteiger partial charge in [-0.3, -0.25) is 14.4 Å². The number of esters is 3. The van der Waals surface area contributed by atoms with Gasteiger partial charge in [0.05, 0.1) is 6.42 Å². The summed E-state index contributed by atoms with van der Waals surface area (Å²) < 4.78 is 16.6. The average Bonchev–Trinajstić information content (AvgIpc) is 3.29. The second-order valence-electron chi connectivity index (χ2n) is 16.0. The van der Waals surface area contributed by atoms with Gasteiger partial charge in [-0.05, 0) is 116 Å². The topological polar surface area (TPSA) is 78.9 Å². The van der Waals surface area contributed by atoms with Crippen molar-refractivity contribution in [3.05, 3.63) is 134 Å². The van der Waals surface area contributed by atoms with E-state index >= 15 is 0 Å². The molecule has 0 N–H and O–H groups in total. The van der Waals surface area contributed by atoms with Crippen molar-refractivity contribution >= 4 is 17.9 Å². The molecule has 0 aliphatic carbocycles. The molecule has 0 spiro atoms. The minimum Gasteiger partial charge on any atom is -0.462 e. The predicted octanol–water partition coefficient (Wildman–Crippen LogP) is 16.7. The first kappa shape index (κ1) is 59.5. The zero-order valence-corrected chi connectivity index (χ0v) is 40.7. The van der Waals surface area contributed by atoms with Gasteiger partial charge >= 0.3 is 17.9 Å². The Kier molecular flexibility index (Phi) is 47.6. The Balaban J connectivity index is 4.59. The van der Waals surface area contributed by atoms with Crippen LogP contribution in [0.5, 0.6) is 0 Å². The molecule has 6 nitrogen and oxygen atoms in total. The predicted molar refractivity (Wildman–Crippen MR) is 274 cm³/mol. The lowest BCUT2D eigenvalue weighted by molar-refractivity contribution is -0.166. The lowest BCUT2D eigenvalue weighted by Gasteiger charge is -2.18. The number of hydrogen-bond acceptors (Lipinski definition) is 6. The van der Waals surface area contributed by atoms with Crippen molar-refractivity contribution in [3.63, 3.8) is 0 Å². The molecule has 0 amide bonds. The maximum atomic E-state index is 12.7. The highest BCUT2D eigenvalue weighted by atomic mass is 16.6. The van der Waals surface area contributed by atoms with Crippen molar-refractivity contribution in [1.82, 2.24) is 0 Å². The second kappa shape index (κ2) is 51.2. The molecule has 1 atom stereocenters. The van der Waals surface area contributed by atoms with Crippen LogP contribution in [-0.4, -0.2) is 37.2 Å². The molecule has 0 heterocycles. The average molecular weight is 883 g/mol. The summed E-state index contributed by atoms with van der Waals surface area (Å²) in [4.78, 5) is 37.9. The number of allylic oxidation sites excluding steroid dienone is 21. The van der Waals surface area contributed by atoms with Gasteiger partial charge in [0.25, 0.3) is 0 Å². The monoisotopic (exact) mass is 883 g/mol. The Bertz CT molecular complexity index is 1430. The van der Waals surface area contributed by atoms with E-state index < -0.39 is 12.1 Å². The van der Waals surface area contributed by atoms with E-state index in [-0.39, 0.29) is 31.6 Å². The van der Waals surface area contributed by atoms with Crippen LogP contribution >= 0.6 is 0 Å². The van der Waals surface area contributed by atoms with E-state index in [9.17, 15) is 14.4 Å². The van der Waals surface area contributed by atoms with Gasteiger partial charge in [0.2, 0.25) is 0 Å².